The summed E-state index contributed by atoms with van der Waals surface area (Å²) < 4.78 is 5.24. The zero-order chi connectivity index (χ0) is 11.2. The van der Waals surface area contributed by atoms with E-state index in [0.29, 0.717) is 0 Å². The van der Waals surface area contributed by atoms with Gasteiger partial charge in [0, 0.05) is 0 Å². The number of rotatable bonds is 5. The van der Waals surface area contributed by atoms with Crippen LogP contribution in [0.2, 0.25) is 0 Å². The molecule has 0 aliphatic carbocycles. The molecule has 1 N–H and O–H groups in total. The Balaban J connectivity index is 1.70. The van der Waals surface area contributed by atoms with Gasteiger partial charge < -0.3 is 9.73 Å². The molecule has 84 valence electrons. The van der Waals surface area contributed by atoms with Gasteiger partial charge in [0.1, 0.15) is 5.76 Å². The van der Waals surface area contributed by atoms with Gasteiger partial charge >= 0.3 is 0 Å². The van der Waals surface area contributed by atoms with Crippen LogP contribution in [0.4, 0.5) is 0 Å². The Morgan fingerprint density at radius 3 is 2.62 bits per heavy atom. The van der Waals surface area contributed by atoms with Crippen LogP contribution >= 0.6 is 0 Å². The Bertz CT molecular complexity index is 403. The maximum absolute atomic E-state index is 5.24. The van der Waals surface area contributed by atoms with E-state index in [0.717, 1.165) is 25.3 Å². The van der Waals surface area contributed by atoms with E-state index in [-0.39, 0.29) is 0 Å². The number of nitrogens with one attached hydrogen (secondary N) is 1. The number of hydrogen-bond acceptors (Lipinski definition) is 2. The normalized spacial score (nSPS) is 10.6. The molecule has 0 radical (unpaired) electrons. The van der Waals surface area contributed by atoms with Gasteiger partial charge in [-0.1, -0.05) is 29.8 Å². The van der Waals surface area contributed by atoms with Gasteiger partial charge in [-0.25, -0.2) is 0 Å². The van der Waals surface area contributed by atoms with Crippen LogP contribution in [0.5, 0.6) is 0 Å². The average molecular weight is 215 g/mol. The molecule has 0 fully saturated rings. The van der Waals surface area contributed by atoms with Crippen molar-refractivity contribution in [2.45, 2.75) is 19.9 Å². The molecule has 1 heterocycles. The zero-order valence-electron chi connectivity index (χ0n) is 9.57. The molecule has 0 spiro atoms. The lowest BCUT2D eigenvalue weighted by atomic mass is 10.1. The van der Waals surface area contributed by atoms with Crippen molar-refractivity contribution in [1.82, 2.24) is 5.32 Å². The molecule has 2 heteroatoms. The van der Waals surface area contributed by atoms with Gasteiger partial charge in [-0.3, -0.25) is 0 Å². The number of benzene rings is 1. The molecule has 0 saturated carbocycles. The van der Waals surface area contributed by atoms with Gasteiger partial charge in [0.2, 0.25) is 0 Å². The van der Waals surface area contributed by atoms with Gasteiger partial charge in [0.05, 0.1) is 12.8 Å². The Morgan fingerprint density at radius 1 is 1.12 bits per heavy atom. The van der Waals surface area contributed by atoms with Gasteiger partial charge in [-0.15, -0.1) is 0 Å². The second-order valence-corrected chi connectivity index (χ2v) is 3.99. The summed E-state index contributed by atoms with van der Waals surface area (Å²) in [5.74, 6) is 0.990. The molecule has 0 atom stereocenters. The Hall–Kier alpha value is -1.54. The molecule has 0 saturated heterocycles. The van der Waals surface area contributed by atoms with E-state index in [1.54, 1.807) is 6.26 Å². The predicted octanol–water partition coefficient (Wildman–Crippen LogP) is 2.92. The van der Waals surface area contributed by atoms with E-state index in [1.807, 2.05) is 12.1 Å². The fourth-order valence-corrected chi connectivity index (χ4v) is 1.61. The summed E-state index contributed by atoms with van der Waals surface area (Å²) in [5, 5.41) is 3.36. The van der Waals surface area contributed by atoms with Crippen molar-refractivity contribution < 1.29 is 4.42 Å². The summed E-state index contributed by atoms with van der Waals surface area (Å²) in [6, 6.07) is 12.6. The summed E-state index contributed by atoms with van der Waals surface area (Å²) in [6.45, 7) is 3.89. The van der Waals surface area contributed by atoms with Gasteiger partial charge in [0.15, 0.2) is 0 Å². The molecule has 2 rings (SSSR count). The van der Waals surface area contributed by atoms with Crippen molar-refractivity contribution in [3.63, 3.8) is 0 Å². The van der Waals surface area contributed by atoms with E-state index in [4.69, 9.17) is 4.42 Å². The number of aryl methyl sites for hydroxylation is 1. The van der Waals surface area contributed by atoms with E-state index in [2.05, 4.69) is 36.5 Å². The molecule has 1 aromatic carbocycles. The summed E-state index contributed by atoms with van der Waals surface area (Å²) >= 11 is 0. The first-order valence-electron chi connectivity index (χ1n) is 5.63. The highest BCUT2D eigenvalue weighted by atomic mass is 16.3. The largest absolute Gasteiger partial charge is 0.468 e. The summed E-state index contributed by atoms with van der Waals surface area (Å²) in [5.41, 5.74) is 2.69. The minimum Gasteiger partial charge on any atom is -0.468 e. The van der Waals surface area contributed by atoms with Crippen LogP contribution in [0.25, 0.3) is 0 Å². The maximum Gasteiger partial charge on any atom is 0.117 e. The molecule has 0 aliphatic heterocycles. The van der Waals surface area contributed by atoms with Gasteiger partial charge in [-0.05, 0) is 37.6 Å². The molecule has 1 aromatic heterocycles. The van der Waals surface area contributed by atoms with Crippen LogP contribution in [-0.2, 0) is 13.0 Å². The zero-order valence-corrected chi connectivity index (χ0v) is 9.57. The van der Waals surface area contributed by atoms with Crippen LogP contribution in [0.3, 0.4) is 0 Å². The highest BCUT2D eigenvalue weighted by Crippen LogP contribution is 2.03. The molecule has 2 aromatic rings. The lowest BCUT2D eigenvalue weighted by molar-refractivity contribution is 0.484. The van der Waals surface area contributed by atoms with Gasteiger partial charge in [0.25, 0.3) is 0 Å². The fourth-order valence-electron chi connectivity index (χ4n) is 1.61. The van der Waals surface area contributed by atoms with Crippen LogP contribution in [0.15, 0.2) is 47.1 Å². The molecular formula is C14H17NO. The summed E-state index contributed by atoms with van der Waals surface area (Å²) in [4.78, 5) is 0. The lowest BCUT2D eigenvalue weighted by Crippen LogP contribution is -2.16. The summed E-state index contributed by atoms with van der Waals surface area (Å²) in [7, 11) is 0. The third-order valence-electron chi connectivity index (χ3n) is 2.59. The third kappa shape index (κ3) is 3.24. The highest BCUT2D eigenvalue weighted by Gasteiger charge is 1.95. The minimum absolute atomic E-state index is 0.804. The van der Waals surface area contributed by atoms with Crippen molar-refractivity contribution in [2.24, 2.45) is 0 Å². The maximum atomic E-state index is 5.24. The molecular weight excluding hydrogens is 198 g/mol. The van der Waals surface area contributed by atoms with E-state index < -0.39 is 0 Å². The standard InChI is InChI=1S/C14H17NO/c1-12-4-6-13(7-5-12)8-9-15-11-14-3-2-10-16-14/h2-7,10,15H,8-9,11H2,1H3. The molecule has 0 amide bonds. The number of furan rings is 1. The molecule has 2 nitrogen and oxygen atoms in total. The van der Waals surface area contributed by atoms with Crippen molar-refractivity contribution in [1.29, 1.82) is 0 Å². The van der Waals surface area contributed by atoms with Crippen molar-refractivity contribution in [3.8, 4) is 0 Å². The van der Waals surface area contributed by atoms with Crippen LogP contribution in [-0.4, -0.2) is 6.54 Å². The second-order valence-electron chi connectivity index (χ2n) is 3.99. The number of hydrogen-bond donors (Lipinski definition) is 1. The minimum atomic E-state index is 0.804. The van der Waals surface area contributed by atoms with Crippen molar-refractivity contribution in [2.75, 3.05) is 6.54 Å². The van der Waals surface area contributed by atoms with Crippen LogP contribution < -0.4 is 5.32 Å². The van der Waals surface area contributed by atoms with Crippen LogP contribution in [0, 0.1) is 6.92 Å². The first kappa shape index (κ1) is 11.0. The SMILES string of the molecule is Cc1ccc(CCNCc2ccco2)cc1. The van der Waals surface area contributed by atoms with Crippen molar-refractivity contribution >= 4 is 0 Å². The lowest BCUT2D eigenvalue weighted by Gasteiger charge is -2.03. The monoisotopic (exact) mass is 215 g/mol. The second kappa shape index (κ2) is 5.52. The Morgan fingerprint density at radius 2 is 1.94 bits per heavy atom. The predicted molar refractivity (Wildman–Crippen MR) is 65.3 cm³/mol. The fraction of sp³-hybridized carbons (Fsp3) is 0.286. The Kier molecular flexibility index (Phi) is 3.78. The average Bonchev–Trinajstić information content (AvgIpc) is 2.80. The molecule has 16 heavy (non-hydrogen) atoms. The van der Waals surface area contributed by atoms with Crippen molar-refractivity contribution in [3.05, 3.63) is 59.5 Å². The van der Waals surface area contributed by atoms with Crippen LogP contribution in [0.1, 0.15) is 16.9 Å². The van der Waals surface area contributed by atoms with E-state index >= 15 is 0 Å². The van der Waals surface area contributed by atoms with Gasteiger partial charge in [-0.2, -0.15) is 0 Å². The third-order valence-corrected chi connectivity index (χ3v) is 2.59. The van der Waals surface area contributed by atoms with E-state index in [1.165, 1.54) is 11.1 Å². The van der Waals surface area contributed by atoms with E-state index in [9.17, 15) is 0 Å². The molecule has 0 aliphatic rings. The summed E-state index contributed by atoms with van der Waals surface area (Å²) in [6.07, 6.45) is 2.76. The first-order valence-corrected chi connectivity index (χ1v) is 5.63. The smallest absolute Gasteiger partial charge is 0.117 e. The highest BCUT2D eigenvalue weighted by molar-refractivity contribution is 5.21. The quantitative estimate of drug-likeness (QED) is 0.776. The topological polar surface area (TPSA) is 25.2 Å². The first-order chi connectivity index (χ1) is 7.84. The molecule has 0 unspecified atom stereocenters. The Labute approximate surface area is 96.3 Å². The molecule has 0 bridgehead atoms.